The van der Waals surface area contributed by atoms with Crippen molar-refractivity contribution < 1.29 is 19.2 Å². The lowest BCUT2D eigenvalue weighted by Gasteiger charge is -2.32. The molecule has 0 aliphatic carbocycles. The first kappa shape index (κ1) is 14.0. The fourth-order valence-corrected chi connectivity index (χ4v) is 2.55. The van der Waals surface area contributed by atoms with E-state index in [1.54, 1.807) is 6.07 Å². The molecule has 0 aromatic heterocycles. The minimum Gasteiger partial charge on any atom is -0.469 e. The van der Waals surface area contributed by atoms with Crippen LogP contribution in [0.25, 0.3) is 0 Å². The summed E-state index contributed by atoms with van der Waals surface area (Å²) < 4.78 is 10.4. The quantitative estimate of drug-likeness (QED) is 0.481. The molecule has 2 rings (SSSR count). The summed E-state index contributed by atoms with van der Waals surface area (Å²) in [6.45, 7) is 0.917. The molecule has 0 amide bonds. The van der Waals surface area contributed by atoms with Crippen molar-refractivity contribution in [2.24, 2.45) is 5.92 Å². The van der Waals surface area contributed by atoms with E-state index in [1.165, 1.54) is 19.2 Å². The second kappa shape index (κ2) is 5.66. The maximum Gasteiger partial charge on any atom is 0.313 e. The maximum absolute atomic E-state index is 11.9. The molecule has 6 nitrogen and oxygen atoms in total. The summed E-state index contributed by atoms with van der Waals surface area (Å²) in [7, 11) is 1.31. The van der Waals surface area contributed by atoms with Crippen LogP contribution < -0.4 is 0 Å². The SMILES string of the molecule is COC(=O)C(c1cc(Br)cc([N+](=O)[O-])c1)C1COC1. The highest BCUT2D eigenvalue weighted by molar-refractivity contribution is 9.10. The van der Waals surface area contributed by atoms with Gasteiger partial charge in [-0.2, -0.15) is 0 Å². The number of esters is 1. The number of rotatable bonds is 4. The number of non-ortho nitro benzene ring substituents is 1. The van der Waals surface area contributed by atoms with Crippen molar-refractivity contribution >= 4 is 27.6 Å². The highest BCUT2D eigenvalue weighted by Crippen LogP contribution is 2.34. The van der Waals surface area contributed by atoms with Gasteiger partial charge in [-0.05, 0) is 11.6 Å². The van der Waals surface area contributed by atoms with Gasteiger partial charge in [-0.25, -0.2) is 0 Å². The summed E-state index contributed by atoms with van der Waals surface area (Å²) in [5.74, 6) is -0.933. The molecule has 1 aromatic carbocycles. The molecule has 1 aromatic rings. The number of nitro groups is 1. The third kappa shape index (κ3) is 2.93. The first-order valence-corrected chi connectivity index (χ1v) is 6.42. The van der Waals surface area contributed by atoms with Gasteiger partial charge >= 0.3 is 5.97 Å². The van der Waals surface area contributed by atoms with Crippen molar-refractivity contribution in [2.75, 3.05) is 20.3 Å². The number of carbonyl (C=O) groups is 1. The minimum absolute atomic E-state index is 0.00125. The Morgan fingerprint density at radius 2 is 2.21 bits per heavy atom. The van der Waals surface area contributed by atoms with Crippen molar-refractivity contribution in [2.45, 2.75) is 5.92 Å². The van der Waals surface area contributed by atoms with Crippen molar-refractivity contribution in [1.29, 1.82) is 0 Å². The average Bonchev–Trinajstić information content (AvgIpc) is 2.31. The first-order valence-electron chi connectivity index (χ1n) is 5.63. The van der Waals surface area contributed by atoms with E-state index in [0.29, 0.717) is 23.2 Å². The fraction of sp³-hybridized carbons (Fsp3) is 0.417. The van der Waals surface area contributed by atoms with Gasteiger partial charge < -0.3 is 9.47 Å². The summed E-state index contributed by atoms with van der Waals surface area (Å²) in [5.41, 5.74) is 0.514. The van der Waals surface area contributed by atoms with Crippen LogP contribution in [0.2, 0.25) is 0 Å². The zero-order valence-electron chi connectivity index (χ0n) is 10.2. The molecular formula is C12H12BrNO5. The molecule has 0 N–H and O–H groups in total. The molecule has 1 fully saturated rings. The van der Waals surface area contributed by atoms with Gasteiger partial charge in [0.05, 0.1) is 31.2 Å². The molecule has 0 radical (unpaired) electrons. The second-order valence-corrected chi connectivity index (χ2v) is 5.21. The maximum atomic E-state index is 11.9. The Kier molecular flexibility index (Phi) is 4.16. The van der Waals surface area contributed by atoms with Gasteiger partial charge in [-0.1, -0.05) is 15.9 Å². The number of ether oxygens (including phenoxy) is 2. The van der Waals surface area contributed by atoms with Gasteiger partial charge in [0.1, 0.15) is 0 Å². The van der Waals surface area contributed by atoms with Gasteiger partial charge in [0.2, 0.25) is 0 Å². The average molecular weight is 330 g/mol. The summed E-state index contributed by atoms with van der Waals surface area (Å²) in [5, 5.41) is 10.9. The molecule has 1 aliphatic heterocycles. The number of carbonyl (C=O) groups excluding carboxylic acids is 1. The molecule has 1 aliphatic rings. The van der Waals surface area contributed by atoms with Crippen LogP contribution in [0, 0.1) is 16.0 Å². The van der Waals surface area contributed by atoms with Crippen LogP contribution in [-0.2, 0) is 14.3 Å². The molecule has 7 heteroatoms. The van der Waals surface area contributed by atoms with Crippen LogP contribution in [0.5, 0.6) is 0 Å². The monoisotopic (exact) mass is 329 g/mol. The van der Waals surface area contributed by atoms with E-state index in [-0.39, 0.29) is 11.6 Å². The number of methoxy groups -OCH3 is 1. The van der Waals surface area contributed by atoms with Crippen molar-refractivity contribution in [3.63, 3.8) is 0 Å². The molecule has 0 bridgehead atoms. The van der Waals surface area contributed by atoms with Crippen LogP contribution in [0.4, 0.5) is 5.69 Å². The Balaban J connectivity index is 2.40. The van der Waals surface area contributed by atoms with E-state index in [9.17, 15) is 14.9 Å². The lowest BCUT2D eigenvalue weighted by atomic mass is 9.84. The number of hydrogen-bond acceptors (Lipinski definition) is 5. The number of hydrogen-bond donors (Lipinski definition) is 0. The van der Waals surface area contributed by atoms with Crippen molar-refractivity contribution in [3.05, 3.63) is 38.3 Å². The Morgan fingerprint density at radius 3 is 2.68 bits per heavy atom. The van der Waals surface area contributed by atoms with Crippen LogP contribution >= 0.6 is 15.9 Å². The molecule has 1 saturated heterocycles. The predicted octanol–water partition coefficient (Wildman–Crippen LogP) is 2.26. The summed E-state index contributed by atoms with van der Waals surface area (Å²) >= 11 is 3.22. The summed E-state index contributed by atoms with van der Waals surface area (Å²) in [6.07, 6.45) is 0. The summed E-state index contributed by atoms with van der Waals surface area (Å²) in [4.78, 5) is 22.3. The third-order valence-corrected chi connectivity index (χ3v) is 3.52. The van der Waals surface area contributed by atoms with E-state index in [1.807, 2.05) is 0 Å². The Morgan fingerprint density at radius 1 is 1.53 bits per heavy atom. The van der Waals surface area contributed by atoms with Crippen LogP contribution in [0.1, 0.15) is 11.5 Å². The Hall–Kier alpha value is -1.47. The number of halogens is 1. The van der Waals surface area contributed by atoms with Crippen LogP contribution in [0.15, 0.2) is 22.7 Å². The van der Waals surface area contributed by atoms with Gasteiger partial charge in [0.15, 0.2) is 0 Å². The molecule has 0 saturated carbocycles. The number of nitro benzene ring substituents is 1. The van der Waals surface area contributed by atoms with Gasteiger partial charge in [-0.15, -0.1) is 0 Å². The minimum atomic E-state index is -0.532. The van der Waals surface area contributed by atoms with Gasteiger partial charge in [-0.3, -0.25) is 14.9 Å². The van der Waals surface area contributed by atoms with Gasteiger partial charge in [0.25, 0.3) is 5.69 Å². The lowest BCUT2D eigenvalue weighted by Crippen LogP contribution is -2.37. The van der Waals surface area contributed by atoms with E-state index in [0.717, 1.165) is 0 Å². The number of benzene rings is 1. The van der Waals surface area contributed by atoms with Crippen LogP contribution in [-0.4, -0.2) is 31.2 Å². The Labute approximate surface area is 118 Å². The molecule has 1 heterocycles. The van der Waals surface area contributed by atoms with E-state index in [4.69, 9.17) is 9.47 Å². The second-order valence-electron chi connectivity index (χ2n) is 4.30. The summed E-state index contributed by atoms with van der Waals surface area (Å²) in [6, 6.07) is 4.51. The smallest absolute Gasteiger partial charge is 0.313 e. The van der Waals surface area contributed by atoms with E-state index < -0.39 is 16.8 Å². The van der Waals surface area contributed by atoms with Crippen LogP contribution in [0.3, 0.4) is 0 Å². The number of nitrogens with zero attached hydrogens (tertiary/aromatic N) is 1. The van der Waals surface area contributed by atoms with E-state index >= 15 is 0 Å². The molecule has 19 heavy (non-hydrogen) atoms. The molecule has 102 valence electrons. The zero-order chi connectivity index (χ0) is 14.0. The van der Waals surface area contributed by atoms with Gasteiger partial charge in [0, 0.05) is 22.5 Å². The molecular weight excluding hydrogens is 318 g/mol. The first-order chi connectivity index (χ1) is 9.02. The third-order valence-electron chi connectivity index (χ3n) is 3.07. The molecule has 0 spiro atoms. The highest BCUT2D eigenvalue weighted by atomic mass is 79.9. The topological polar surface area (TPSA) is 78.7 Å². The Bertz CT molecular complexity index is 515. The predicted molar refractivity (Wildman–Crippen MR) is 69.9 cm³/mol. The molecule has 1 unspecified atom stereocenters. The normalized spacial score (nSPS) is 16.5. The standard InChI is InChI=1S/C12H12BrNO5/c1-18-12(15)11(8-5-19-6-8)7-2-9(13)4-10(3-7)14(16)17/h2-4,8,11H,5-6H2,1H3. The van der Waals surface area contributed by atoms with E-state index in [2.05, 4.69) is 15.9 Å². The lowest BCUT2D eigenvalue weighted by molar-refractivity contribution is -0.385. The van der Waals surface area contributed by atoms with Crippen molar-refractivity contribution in [3.8, 4) is 0 Å². The fourth-order valence-electron chi connectivity index (χ4n) is 2.06. The largest absolute Gasteiger partial charge is 0.469 e. The highest BCUT2D eigenvalue weighted by Gasteiger charge is 2.36. The molecule has 1 atom stereocenters. The van der Waals surface area contributed by atoms with Crippen molar-refractivity contribution in [1.82, 2.24) is 0 Å². The zero-order valence-corrected chi connectivity index (χ0v) is 11.8.